The van der Waals surface area contributed by atoms with Gasteiger partial charge in [0, 0.05) is 6.20 Å². The van der Waals surface area contributed by atoms with Gasteiger partial charge in [-0.1, -0.05) is 11.6 Å². The monoisotopic (exact) mass is 378 g/mol. The van der Waals surface area contributed by atoms with Crippen molar-refractivity contribution in [3.8, 4) is 0 Å². The van der Waals surface area contributed by atoms with Gasteiger partial charge in [-0.05, 0) is 69.4 Å². The molecule has 140 valence electrons. The van der Waals surface area contributed by atoms with Crippen molar-refractivity contribution in [3.05, 3.63) is 23.4 Å². The van der Waals surface area contributed by atoms with Gasteiger partial charge in [-0.25, -0.2) is 4.98 Å². The number of ether oxygens (including phenoxy) is 1. The van der Waals surface area contributed by atoms with Crippen LogP contribution in [0.5, 0.6) is 0 Å². The molecule has 4 aliphatic rings. The van der Waals surface area contributed by atoms with E-state index in [9.17, 15) is 14.7 Å². The molecular formula is C19H23ClN2O4. The summed E-state index contributed by atoms with van der Waals surface area (Å²) in [6, 6.07) is 3.21. The third-order valence-electron chi connectivity index (χ3n) is 6.09. The average molecular weight is 379 g/mol. The van der Waals surface area contributed by atoms with Gasteiger partial charge < -0.3 is 15.2 Å². The van der Waals surface area contributed by atoms with E-state index in [2.05, 4.69) is 10.3 Å². The van der Waals surface area contributed by atoms with E-state index in [4.69, 9.17) is 16.3 Å². The molecule has 4 fully saturated rings. The summed E-state index contributed by atoms with van der Waals surface area (Å²) in [7, 11) is 0. The molecule has 1 heterocycles. The van der Waals surface area contributed by atoms with Crippen molar-refractivity contribution in [3.63, 3.8) is 0 Å². The Labute approximate surface area is 157 Å². The molecule has 4 bridgehead atoms. The van der Waals surface area contributed by atoms with E-state index in [0.717, 1.165) is 32.1 Å². The first-order valence-electron chi connectivity index (χ1n) is 9.13. The Morgan fingerprint density at radius 3 is 2.58 bits per heavy atom. The number of carbonyl (C=O) groups is 2. The van der Waals surface area contributed by atoms with Crippen LogP contribution in [0.2, 0.25) is 5.02 Å². The number of amides is 1. The molecule has 26 heavy (non-hydrogen) atoms. The fourth-order valence-corrected chi connectivity index (χ4v) is 5.58. The molecule has 0 spiro atoms. The molecule has 0 aliphatic heterocycles. The maximum atomic E-state index is 12.9. The number of rotatable bonds is 4. The van der Waals surface area contributed by atoms with Gasteiger partial charge in [0.2, 0.25) is 0 Å². The van der Waals surface area contributed by atoms with Gasteiger partial charge in [0.15, 0.2) is 6.10 Å². The van der Waals surface area contributed by atoms with Crippen LogP contribution < -0.4 is 5.32 Å². The molecule has 4 saturated carbocycles. The molecule has 0 aromatic carbocycles. The SMILES string of the molecule is C[C@@H](OC(=O)C12C[C@H]3C[C@@H](CC(O)(C3)C1)C2)C(=O)Nc1ccc(Cl)cn1. The van der Waals surface area contributed by atoms with Crippen molar-refractivity contribution >= 4 is 29.3 Å². The van der Waals surface area contributed by atoms with E-state index >= 15 is 0 Å². The van der Waals surface area contributed by atoms with Crippen LogP contribution in [0.1, 0.15) is 45.4 Å². The lowest BCUT2D eigenvalue weighted by Crippen LogP contribution is -2.59. The minimum absolute atomic E-state index is 0.350. The molecule has 0 saturated heterocycles. The van der Waals surface area contributed by atoms with Crippen LogP contribution in [0.15, 0.2) is 18.3 Å². The average Bonchev–Trinajstić information content (AvgIpc) is 2.54. The van der Waals surface area contributed by atoms with E-state index in [1.165, 1.54) is 6.20 Å². The zero-order valence-corrected chi connectivity index (χ0v) is 15.5. The lowest BCUT2D eigenvalue weighted by molar-refractivity contribution is -0.199. The highest BCUT2D eigenvalue weighted by Gasteiger charge is 2.61. The van der Waals surface area contributed by atoms with Crippen molar-refractivity contribution in [1.82, 2.24) is 4.98 Å². The van der Waals surface area contributed by atoms with Gasteiger partial charge in [0.1, 0.15) is 5.82 Å². The first kappa shape index (κ1) is 17.7. The van der Waals surface area contributed by atoms with Gasteiger partial charge in [-0.3, -0.25) is 9.59 Å². The number of pyridine rings is 1. The van der Waals surface area contributed by atoms with Crippen molar-refractivity contribution in [2.24, 2.45) is 17.3 Å². The Morgan fingerprint density at radius 1 is 1.31 bits per heavy atom. The Balaban J connectivity index is 1.41. The summed E-state index contributed by atoms with van der Waals surface area (Å²) in [4.78, 5) is 29.2. The molecule has 3 atom stereocenters. The molecule has 7 heteroatoms. The van der Waals surface area contributed by atoms with Crippen LogP contribution in [0.3, 0.4) is 0 Å². The fourth-order valence-electron chi connectivity index (χ4n) is 5.47. The van der Waals surface area contributed by atoms with Gasteiger partial charge in [0.05, 0.1) is 16.0 Å². The van der Waals surface area contributed by atoms with Crippen molar-refractivity contribution < 1.29 is 19.4 Å². The van der Waals surface area contributed by atoms with Crippen molar-refractivity contribution in [2.75, 3.05) is 5.32 Å². The van der Waals surface area contributed by atoms with Crippen LogP contribution in [0, 0.1) is 17.3 Å². The predicted octanol–water partition coefficient (Wildman–Crippen LogP) is 2.94. The van der Waals surface area contributed by atoms with Crippen LogP contribution in [0.25, 0.3) is 0 Å². The van der Waals surface area contributed by atoms with Crippen molar-refractivity contribution in [2.45, 2.75) is 57.2 Å². The van der Waals surface area contributed by atoms with E-state index < -0.39 is 23.0 Å². The predicted molar refractivity (Wildman–Crippen MR) is 95.5 cm³/mol. The Bertz CT molecular complexity index is 722. The van der Waals surface area contributed by atoms with Gasteiger partial charge in [-0.15, -0.1) is 0 Å². The lowest BCUT2D eigenvalue weighted by atomic mass is 9.48. The van der Waals surface area contributed by atoms with Crippen LogP contribution in [-0.4, -0.2) is 33.7 Å². The van der Waals surface area contributed by atoms with Gasteiger partial charge >= 0.3 is 5.97 Å². The number of hydrogen-bond donors (Lipinski definition) is 2. The maximum Gasteiger partial charge on any atom is 0.312 e. The molecule has 1 aromatic heterocycles. The summed E-state index contributed by atoms with van der Waals surface area (Å²) >= 11 is 5.78. The Kier molecular flexibility index (Phi) is 4.23. The van der Waals surface area contributed by atoms with Crippen molar-refractivity contribution in [1.29, 1.82) is 0 Å². The Morgan fingerprint density at radius 2 is 2.00 bits per heavy atom. The topological polar surface area (TPSA) is 88.5 Å². The number of hydrogen-bond acceptors (Lipinski definition) is 5. The third kappa shape index (κ3) is 3.21. The highest BCUT2D eigenvalue weighted by atomic mass is 35.5. The van der Waals surface area contributed by atoms with Crippen LogP contribution in [0.4, 0.5) is 5.82 Å². The molecular weight excluding hydrogens is 356 g/mol. The summed E-state index contributed by atoms with van der Waals surface area (Å²) in [5.74, 6) is 0.340. The first-order valence-corrected chi connectivity index (χ1v) is 9.51. The first-order chi connectivity index (χ1) is 12.3. The molecule has 0 unspecified atom stereocenters. The van der Waals surface area contributed by atoms with Crippen LogP contribution >= 0.6 is 11.6 Å². The zero-order chi connectivity index (χ0) is 18.5. The number of nitrogens with one attached hydrogen (secondary N) is 1. The second-order valence-electron chi connectivity index (χ2n) is 8.36. The maximum absolute atomic E-state index is 12.9. The molecule has 0 radical (unpaired) electrons. The number of halogens is 1. The summed E-state index contributed by atoms with van der Waals surface area (Å²) in [5.41, 5.74) is -1.37. The minimum Gasteiger partial charge on any atom is -0.452 e. The second kappa shape index (κ2) is 6.20. The highest BCUT2D eigenvalue weighted by Crippen LogP contribution is 2.62. The molecule has 4 aliphatic carbocycles. The lowest BCUT2D eigenvalue weighted by Gasteiger charge is -2.58. The smallest absolute Gasteiger partial charge is 0.312 e. The van der Waals surface area contributed by atoms with E-state index in [1.807, 2.05) is 0 Å². The number of anilines is 1. The normalized spacial score (nSPS) is 35.8. The summed E-state index contributed by atoms with van der Waals surface area (Å²) in [5, 5.41) is 13.9. The zero-order valence-electron chi connectivity index (χ0n) is 14.7. The number of carbonyl (C=O) groups excluding carboxylic acids is 2. The van der Waals surface area contributed by atoms with E-state index in [0.29, 0.717) is 29.1 Å². The minimum atomic E-state index is -0.928. The number of aromatic nitrogens is 1. The quantitative estimate of drug-likeness (QED) is 0.786. The summed E-state index contributed by atoms with van der Waals surface area (Å²) < 4.78 is 5.52. The largest absolute Gasteiger partial charge is 0.452 e. The van der Waals surface area contributed by atoms with E-state index in [1.54, 1.807) is 19.1 Å². The molecule has 5 rings (SSSR count). The summed E-state index contributed by atoms with van der Waals surface area (Å²) in [6.07, 6.45) is 5.16. The highest BCUT2D eigenvalue weighted by molar-refractivity contribution is 6.30. The standard InChI is InChI=1S/C19H23ClN2O4/c1-11(16(23)22-15-3-2-14(20)9-21-15)26-17(24)18-5-12-4-13(6-18)8-19(25,7-12)10-18/h2-3,9,11-13,25H,4-8,10H2,1H3,(H,21,22,23)/t11-,12-,13-,18?,19?/m1/s1. The van der Waals surface area contributed by atoms with Gasteiger partial charge in [-0.2, -0.15) is 0 Å². The summed E-state index contributed by atoms with van der Waals surface area (Å²) in [6.45, 7) is 1.55. The number of nitrogens with zero attached hydrogens (tertiary/aromatic N) is 1. The van der Waals surface area contributed by atoms with Crippen LogP contribution in [-0.2, 0) is 14.3 Å². The molecule has 2 N–H and O–H groups in total. The fraction of sp³-hybridized carbons (Fsp3) is 0.632. The molecule has 1 amide bonds. The third-order valence-corrected chi connectivity index (χ3v) is 6.32. The second-order valence-corrected chi connectivity index (χ2v) is 8.80. The molecule has 1 aromatic rings. The van der Waals surface area contributed by atoms with Gasteiger partial charge in [0.25, 0.3) is 5.91 Å². The number of aliphatic hydroxyl groups is 1. The van der Waals surface area contributed by atoms with E-state index in [-0.39, 0.29) is 5.97 Å². The Hall–Kier alpha value is -1.66. The number of esters is 1. The molecule has 6 nitrogen and oxygen atoms in total.